The zero-order valence-electron chi connectivity index (χ0n) is 13.4. The topological polar surface area (TPSA) is 81.0 Å². The number of hydrogen-bond donors (Lipinski definition) is 2. The molecule has 2 amide bonds. The molecule has 0 radical (unpaired) electrons. The molecule has 1 aromatic carbocycles. The number of urea groups is 1. The van der Waals surface area contributed by atoms with Crippen LogP contribution >= 0.6 is 0 Å². The van der Waals surface area contributed by atoms with Crippen LogP contribution in [0.1, 0.15) is 18.9 Å². The summed E-state index contributed by atoms with van der Waals surface area (Å²) >= 11 is 0. The lowest BCUT2D eigenvalue weighted by Crippen LogP contribution is -2.38. The van der Waals surface area contributed by atoms with Gasteiger partial charge < -0.3 is 10.6 Å². The van der Waals surface area contributed by atoms with Gasteiger partial charge in [0.15, 0.2) is 5.82 Å². The molecule has 7 heteroatoms. The molecule has 0 spiro atoms. The summed E-state index contributed by atoms with van der Waals surface area (Å²) in [6.45, 7) is 4.60. The van der Waals surface area contributed by atoms with Gasteiger partial charge in [0, 0.05) is 24.7 Å². The van der Waals surface area contributed by atoms with Crippen molar-refractivity contribution in [3.8, 4) is 11.4 Å². The predicted octanol–water partition coefficient (Wildman–Crippen LogP) is 1.53. The molecule has 0 unspecified atom stereocenters. The highest BCUT2D eigenvalue weighted by atomic mass is 16.2. The Morgan fingerprint density at radius 2 is 2.04 bits per heavy atom. The van der Waals surface area contributed by atoms with E-state index in [0.717, 1.165) is 18.4 Å². The van der Waals surface area contributed by atoms with E-state index in [1.165, 1.54) is 4.68 Å². The second-order valence-corrected chi connectivity index (χ2v) is 5.72. The maximum atomic E-state index is 12.6. The molecule has 7 nitrogen and oxygen atoms in total. The Morgan fingerprint density at radius 3 is 2.71 bits per heavy atom. The predicted molar refractivity (Wildman–Crippen MR) is 91.8 cm³/mol. The van der Waals surface area contributed by atoms with Crippen LogP contribution in [0.3, 0.4) is 0 Å². The van der Waals surface area contributed by atoms with E-state index in [1.807, 2.05) is 30.3 Å². The fraction of sp³-hybridized carbons (Fsp3) is 0.353. The van der Waals surface area contributed by atoms with Crippen molar-refractivity contribution in [2.45, 2.75) is 25.4 Å². The summed E-state index contributed by atoms with van der Waals surface area (Å²) in [5.74, 6) is 0.694. The minimum absolute atomic E-state index is 0.121. The summed E-state index contributed by atoms with van der Waals surface area (Å²) in [4.78, 5) is 24.1. The van der Waals surface area contributed by atoms with Crippen LogP contribution in [0.2, 0.25) is 0 Å². The highest BCUT2D eigenvalue weighted by Crippen LogP contribution is 2.36. The molecular weight excluding hydrogens is 306 g/mol. The van der Waals surface area contributed by atoms with Gasteiger partial charge in [0.05, 0.1) is 6.54 Å². The van der Waals surface area contributed by atoms with Crippen LogP contribution in [0.15, 0.2) is 47.8 Å². The van der Waals surface area contributed by atoms with Gasteiger partial charge in [-0.1, -0.05) is 36.4 Å². The van der Waals surface area contributed by atoms with Crippen molar-refractivity contribution in [1.29, 1.82) is 0 Å². The van der Waals surface area contributed by atoms with Gasteiger partial charge in [0.25, 0.3) is 0 Å². The normalized spacial score (nSPS) is 13.5. The van der Waals surface area contributed by atoms with Crippen LogP contribution in [0.5, 0.6) is 0 Å². The summed E-state index contributed by atoms with van der Waals surface area (Å²) in [5.41, 5.74) is 0.807. The zero-order valence-corrected chi connectivity index (χ0v) is 13.4. The zero-order chi connectivity index (χ0) is 16.9. The van der Waals surface area contributed by atoms with E-state index in [0.29, 0.717) is 25.5 Å². The average Bonchev–Trinajstić information content (AvgIpc) is 3.38. The number of benzene rings is 1. The molecule has 24 heavy (non-hydrogen) atoms. The molecule has 0 atom stereocenters. The number of nitrogens with zero attached hydrogens (tertiary/aromatic N) is 3. The first-order valence-electron chi connectivity index (χ1n) is 8.08. The largest absolute Gasteiger partial charge is 0.346 e. The Labute approximate surface area is 140 Å². The number of hydrogen-bond acceptors (Lipinski definition) is 3. The third-order valence-corrected chi connectivity index (χ3v) is 3.83. The second kappa shape index (κ2) is 7.16. The molecule has 0 bridgehead atoms. The van der Waals surface area contributed by atoms with E-state index in [2.05, 4.69) is 22.3 Å². The van der Waals surface area contributed by atoms with Crippen molar-refractivity contribution in [3.63, 3.8) is 0 Å². The molecule has 0 saturated heterocycles. The Bertz CT molecular complexity index is 774. The third-order valence-electron chi connectivity index (χ3n) is 3.83. The molecule has 1 fully saturated rings. The summed E-state index contributed by atoms with van der Waals surface area (Å²) in [6, 6.07) is 9.66. The lowest BCUT2D eigenvalue weighted by molar-refractivity contribution is 0.241. The number of carbonyl (C=O) groups excluding carboxylic acids is 1. The Kier molecular flexibility index (Phi) is 4.79. The van der Waals surface area contributed by atoms with Crippen LogP contribution in [0, 0.1) is 0 Å². The Hall–Kier alpha value is -2.83. The minimum Gasteiger partial charge on any atom is -0.336 e. The SMILES string of the molecule is C=CCNC(=O)NCCn1nc(-c2ccccc2)n(C2CC2)c1=O. The molecule has 126 valence electrons. The fourth-order valence-corrected chi connectivity index (χ4v) is 2.51. The van der Waals surface area contributed by atoms with Gasteiger partial charge in [-0.3, -0.25) is 4.57 Å². The summed E-state index contributed by atoms with van der Waals surface area (Å²) < 4.78 is 3.20. The Balaban J connectivity index is 1.74. The molecule has 2 N–H and O–H groups in total. The van der Waals surface area contributed by atoms with Gasteiger partial charge in [-0.2, -0.15) is 0 Å². The molecule has 0 aliphatic heterocycles. The lowest BCUT2D eigenvalue weighted by atomic mass is 10.2. The van der Waals surface area contributed by atoms with E-state index in [4.69, 9.17) is 0 Å². The van der Waals surface area contributed by atoms with Gasteiger partial charge in [-0.15, -0.1) is 11.7 Å². The van der Waals surface area contributed by atoms with E-state index in [-0.39, 0.29) is 17.8 Å². The van der Waals surface area contributed by atoms with E-state index in [1.54, 1.807) is 10.6 Å². The van der Waals surface area contributed by atoms with Crippen molar-refractivity contribution in [1.82, 2.24) is 25.0 Å². The monoisotopic (exact) mass is 327 g/mol. The van der Waals surface area contributed by atoms with E-state index >= 15 is 0 Å². The van der Waals surface area contributed by atoms with Crippen molar-refractivity contribution >= 4 is 6.03 Å². The molecule has 1 saturated carbocycles. The first-order chi connectivity index (χ1) is 11.7. The maximum absolute atomic E-state index is 12.6. The van der Waals surface area contributed by atoms with E-state index in [9.17, 15) is 9.59 Å². The maximum Gasteiger partial charge on any atom is 0.346 e. The van der Waals surface area contributed by atoms with Crippen molar-refractivity contribution < 1.29 is 4.79 Å². The molecule has 3 rings (SSSR count). The lowest BCUT2D eigenvalue weighted by Gasteiger charge is -2.05. The number of rotatable bonds is 7. The molecule has 1 heterocycles. The number of amides is 2. The van der Waals surface area contributed by atoms with Gasteiger partial charge in [-0.25, -0.2) is 14.3 Å². The van der Waals surface area contributed by atoms with Crippen LogP contribution in [0.4, 0.5) is 4.79 Å². The molecule has 2 aromatic rings. The number of carbonyl (C=O) groups is 1. The number of nitrogens with one attached hydrogen (secondary N) is 2. The van der Waals surface area contributed by atoms with Gasteiger partial charge in [0.2, 0.25) is 0 Å². The molecule has 1 aliphatic rings. The summed E-state index contributed by atoms with van der Waals surface area (Å²) in [7, 11) is 0. The second-order valence-electron chi connectivity index (χ2n) is 5.72. The van der Waals surface area contributed by atoms with E-state index < -0.39 is 0 Å². The quantitative estimate of drug-likeness (QED) is 0.757. The summed E-state index contributed by atoms with van der Waals surface area (Å²) in [5, 5.41) is 9.80. The van der Waals surface area contributed by atoms with Crippen molar-refractivity contribution in [2.24, 2.45) is 0 Å². The van der Waals surface area contributed by atoms with Crippen molar-refractivity contribution in [2.75, 3.05) is 13.1 Å². The highest BCUT2D eigenvalue weighted by Gasteiger charge is 2.30. The molecular formula is C17H21N5O2. The smallest absolute Gasteiger partial charge is 0.336 e. The fourth-order valence-electron chi connectivity index (χ4n) is 2.51. The van der Waals surface area contributed by atoms with Gasteiger partial charge in [0.1, 0.15) is 0 Å². The van der Waals surface area contributed by atoms with Gasteiger partial charge >= 0.3 is 11.7 Å². The highest BCUT2D eigenvalue weighted by molar-refractivity contribution is 5.73. The van der Waals surface area contributed by atoms with Gasteiger partial charge in [-0.05, 0) is 12.8 Å². The third kappa shape index (κ3) is 3.56. The van der Waals surface area contributed by atoms with Crippen LogP contribution < -0.4 is 16.3 Å². The van der Waals surface area contributed by atoms with Crippen LogP contribution in [-0.2, 0) is 6.54 Å². The average molecular weight is 327 g/mol. The Morgan fingerprint density at radius 1 is 1.29 bits per heavy atom. The van der Waals surface area contributed by atoms with Crippen LogP contribution in [-0.4, -0.2) is 33.5 Å². The molecule has 1 aliphatic carbocycles. The number of aromatic nitrogens is 3. The molecule has 1 aromatic heterocycles. The standard InChI is InChI=1S/C17H21N5O2/c1-2-10-18-16(23)19-11-12-21-17(24)22(14-8-9-14)15(20-21)13-6-4-3-5-7-13/h2-7,14H,1,8-12H2,(H2,18,19,23). The first-order valence-corrected chi connectivity index (χ1v) is 8.08. The minimum atomic E-state index is -0.284. The van der Waals surface area contributed by atoms with Crippen molar-refractivity contribution in [3.05, 3.63) is 53.5 Å². The summed E-state index contributed by atoms with van der Waals surface area (Å²) in [6.07, 6.45) is 3.62. The van der Waals surface area contributed by atoms with Crippen LogP contribution in [0.25, 0.3) is 11.4 Å². The first kappa shape index (κ1) is 16.0.